The molecule has 1 fully saturated rings. The molecule has 0 saturated carbocycles. The van der Waals surface area contributed by atoms with E-state index in [-0.39, 0.29) is 0 Å². The first-order valence-electron chi connectivity index (χ1n) is 6.51. The predicted octanol–water partition coefficient (Wildman–Crippen LogP) is 3.44. The first kappa shape index (κ1) is 11.9. The molecule has 1 atom stereocenters. The lowest BCUT2D eigenvalue weighted by atomic mass is 10.1. The van der Waals surface area contributed by atoms with Crippen LogP contribution in [0.2, 0.25) is 0 Å². The van der Waals surface area contributed by atoms with Gasteiger partial charge in [-0.25, -0.2) is 4.98 Å². The van der Waals surface area contributed by atoms with Crippen molar-refractivity contribution >= 4 is 26.7 Å². The van der Waals surface area contributed by atoms with Gasteiger partial charge in [0.2, 0.25) is 0 Å². The zero-order chi connectivity index (χ0) is 12.4. The molecular weight excluding hydrogens is 244 g/mol. The molecule has 1 aliphatic rings. The molecule has 0 spiro atoms. The van der Waals surface area contributed by atoms with E-state index in [1.165, 1.54) is 23.1 Å². The zero-order valence-corrected chi connectivity index (χ0v) is 11.4. The summed E-state index contributed by atoms with van der Waals surface area (Å²) < 4.78 is 6.65. The highest BCUT2D eigenvalue weighted by atomic mass is 32.1. The fourth-order valence-electron chi connectivity index (χ4n) is 2.36. The minimum atomic E-state index is 0.730. The molecule has 1 aromatic heterocycles. The highest BCUT2D eigenvalue weighted by Crippen LogP contribution is 2.28. The van der Waals surface area contributed by atoms with Gasteiger partial charge < -0.3 is 10.1 Å². The Morgan fingerprint density at radius 3 is 3.22 bits per heavy atom. The van der Waals surface area contributed by atoms with Crippen molar-refractivity contribution in [3.63, 3.8) is 0 Å². The van der Waals surface area contributed by atoms with E-state index in [1.807, 2.05) is 0 Å². The van der Waals surface area contributed by atoms with Crippen LogP contribution in [0.1, 0.15) is 18.4 Å². The zero-order valence-electron chi connectivity index (χ0n) is 10.6. The van der Waals surface area contributed by atoms with Crippen molar-refractivity contribution in [2.75, 3.05) is 25.1 Å². The van der Waals surface area contributed by atoms with Gasteiger partial charge in [0.25, 0.3) is 0 Å². The fraction of sp³-hybridized carbons (Fsp3) is 0.500. The summed E-state index contributed by atoms with van der Waals surface area (Å²) in [5.74, 6) is 0.730. The minimum Gasteiger partial charge on any atom is -0.381 e. The third-order valence-corrected chi connectivity index (χ3v) is 4.45. The third kappa shape index (κ3) is 2.49. The molecule has 0 radical (unpaired) electrons. The van der Waals surface area contributed by atoms with E-state index in [2.05, 4.69) is 35.4 Å². The van der Waals surface area contributed by atoms with Gasteiger partial charge in [-0.05, 0) is 37.3 Å². The quantitative estimate of drug-likeness (QED) is 0.916. The molecule has 1 unspecified atom stereocenters. The SMILES string of the molecule is Cc1cccc2sc(NCCC3CCOC3)nc12. The van der Waals surface area contributed by atoms with Crippen LogP contribution in [0.5, 0.6) is 0 Å². The van der Waals surface area contributed by atoms with E-state index in [4.69, 9.17) is 4.74 Å². The Labute approximate surface area is 111 Å². The van der Waals surface area contributed by atoms with E-state index < -0.39 is 0 Å². The van der Waals surface area contributed by atoms with Crippen molar-refractivity contribution < 1.29 is 4.74 Å². The third-order valence-electron chi connectivity index (χ3n) is 3.47. The van der Waals surface area contributed by atoms with Crippen LogP contribution in [0, 0.1) is 12.8 Å². The summed E-state index contributed by atoms with van der Waals surface area (Å²) in [4.78, 5) is 4.65. The van der Waals surface area contributed by atoms with E-state index in [0.717, 1.165) is 36.3 Å². The van der Waals surface area contributed by atoms with Crippen LogP contribution >= 0.6 is 11.3 Å². The lowest BCUT2D eigenvalue weighted by Gasteiger charge is -2.07. The van der Waals surface area contributed by atoms with Gasteiger partial charge in [-0.15, -0.1) is 0 Å². The van der Waals surface area contributed by atoms with Crippen LogP contribution in [0.15, 0.2) is 18.2 Å². The number of aromatic nitrogens is 1. The molecule has 1 aliphatic heterocycles. The number of benzene rings is 1. The summed E-state index contributed by atoms with van der Waals surface area (Å²) >= 11 is 1.74. The number of nitrogens with one attached hydrogen (secondary N) is 1. The van der Waals surface area contributed by atoms with Crippen molar-refractivity contribution in [3.05, 3.63) is 23.8 Å². The largest absolute Gasteiger partial charge is 0.381 e. The average molecular weight is 262 g/mol. The van der Waals surface area contributed by atoms with Crippen LogP contribution < -0.4 is 5.32 Å². The van der Waals surface area contributed by atoms with Crippen LogP contribution in [0.4, 0.5) is 5.13 Å². The number of anilines is 1. The van der Waals surface area contributed by atoms with Crippen LogP contribution in [0.3, 0.4) is 0 Å². The van der Waals surface area contributed by atoms with E-state index in [9.17, 15) is 0 Å². The number of ether oxygens (including phenoxy) is 1. The van der Waals surface area contributed by atoms with Gasteiger partial charge in [0, 0.05) is 19.8 Å². The van der Waals surface area contributed by atoms with Crippen molar-refractivity contribution in [2.45, 2.75) is 19.8 Å². The first-order valence-corrected chi connectivity index (χ1v) is 7.32. The number of hydrogen-bond donors (Lipinski definition) is 1. The number of para-hydroxylation sites is 1. The van der Waals surface area contributed by atoms with Crippen molar-refractivity contribution in [1.82, 2.24) is 4.98 Å². The van der Waals surface area contributed by atoms with Crippen molar-refractivity contribution in [3.8, 4) is 0 Å². The Morgan fingerprint density at radius 2 is 2.44 bits per heavy atom. The Bertz CT molecular complexity index is 532. The van der Waals surface area contributed by atoms with Gasteiger partial charge >= 0.3 is 0 Å². The number of nitrogens with zero attached hydrogens (tertiary/aromatic N) is 1. The molecule has 18 heavy (non-hydrogen) atoms. The predicted molar refractivity (Wildman–Crippen MR) is 76.4 cm³/mol. The second-order valence-electron chi connectivity index (χ2n) is 4.89. The Kier molecular flexibility index (Phi) is 3.48. The smallest absolute Gasteiger partial charge is 0.183 e. The molecule has 3 nitrogen and oxygen atoms in total. The van der Waals surface area contributed by atoms with Gasteiger partial charge in [0.15, 0.2) is 5.13 Å². The molecule has 4 heteroatoms. The van der Waals surface area contributed by atoms with E-state index in [1.54, 1.807) is 11.3 Å². The van der Waals surface area contributed by atoms with Gasteiger partial charge in [-0.2, -0.15) is 0 Å². The van der Waals surface area contributed by atoms with Crippen molar-refractivity contribution in [1.29, 1.82) is 0 Å². The summed E-state index contributed by atoms with van der Waals surface area (Å²) in [7, 11) is 0. The molecule has 0 aliphatic carbocycles. The summed E-state index contributed by atoms with van der Waals surface area (Å²) in [6, 6.07) is 6.34. The van der Waals surface area contributed by atoms with Crippen molar-refractivity contribution in [2.24, 2.45) is 5.92 Å². The monoisotopic (exact) mass is 262 g/mol. The maximum Gasteiger partial charge on any atom is 0.183 e. The normalized spacial score (nSPS) is 19.5. The number of thiazole rings is 1. The molecule has 1 N–H and O–H groups in total. The molecule has 3 rings (SSSR count). The summed E-state index contributed by atoms with van der Waals surface area (Å²) in [6.07, 6.45) is 2.38. The van der Waals surface area contributed by atoms with Gasteiger partial charge in [0.05, 0.1) is 10.2 Å². The van der Waals surface area contributed by atoms with Crippen LogP contribution in [-0.2, 0) is 4.74 Å². The highest BCUT2D eigenvalue weighted by molar-refractivity contribution is 7.22. The highest BCUT2D eigenvalue weighted by Gasteiger charge is 2.15. The van der Waals surface area contributed by atoms with Gasteiger partial charge in [0.1, 0.15) is 0 Å². The molecule has 0 amide bonds. The van der Waals surface area contributed by atoms with Gasteiger partial charge in [-0.1, -0.05) is 23.5 Å². The molecular formula is C14H18N2OS. The van der Waals surface area contributed by atoms with Crippen LogP contribution in [0.25, 0.3) is 10.2 Å². The number of aryl methyl sites for hydroxylation is 1. The molecule has 0 bridgehead atoms. The lowest BCUT2D eigenvalue weighted by molar-refractivity contribution is 0.185. The average Bonchev–Trinajstić information content (AvgIpc) is 2.98. The van der Waals surface area contributed by atoms with E-state index in [0.29, 0.717) is 0 Å². The number of fused-ring (bicyclic) bond motifs is 1. The standard InChI is InChI=1S/C14H18N2OS/c1-10-3-2-4-12-13(10)16-14(18-12)15-7-5-11-6-8-17-9-11/h2-4,11H,5-9H2,1H3,(H,15,16). The second kappa shape index (κ2) is 5.24. The summed E-state index contributed by atoms with van der Waals surface area (Å²) in [5, 5.41) is 4.48. The topological polar surface area (TPSA) is 34.1 Å². The fourth-order valence-corrected chi connectivity index (χ4v) is 3.33. The van der Waals surface area contributed by atoms with E-state index >= 15 is 0 Å². The lowest BCUT2D eigenvalue weighted by Crippen LogP contribution is -2.08. The molecule has 1 aromatic carbocycles. The number of rotatable bonds is 4. The summed E-state index contributed by atoms with van der Waals surface area (Å²) in [5.41, 5.74) is 2.38. The Balaban J connectivity index is 1.62. The van der Waals surface area contributed by atoms with Gasteiger partial charge in [-0.3, -0.25) is 0 Å². The molecule has 2 aromatic rings. The second-order valence-corrected chi connectivity index (χ2v) is 5.92. The molecule has 1 saturated heterocycles. The first-order chi connectivity index (χ1) is 8.83. The maximum absolute atomic E-state index is 5.38. The Morgan fingerprint density at radius 1 is 1.50 bits per heavy atom. The number of hydrogen-bond acceptors (Lipinski definition) is 4. The maximum atomic E-state index is 5.38. The molecule has 2 heterocycles. The minimum absolute atomic E-state index is 0.730. The van der Waals surface area contributed by atoms with Crippen LogP contribution in [-0.4, -0.2) is 24.7 Å². The molecule has 96 valence electrons. The Hall–Kier alpha value is -1.13. The summed E-state index contributed by atoms with van der Waals surface area (Å²) in [6.45, 7) is 4.97.